The second-order valence-corrected chi connectivity index (χ2v) is 11.3. The Bertz CT molecular complexity index is 1770. The number of aromatic nitrogens is 3. The molecule has 1 amide bonds. The normalized spacial score (nSPS) is 16.5. The first-order chi connectivity index (χ1) is 19.2. The van der Waals surface area contributed by atoms with Gasteiger partial charge in [0, 0.05) is 47.8 Å². The van der Waals surface area contributed by atoms with Crippen molar-refractivity contribution in [2.24, 2.45) is 0 Å². The van der Waals surface area contributed by atoms with E-state index in [0.717, 1.165) is 5.69 Å². The molecule has 0 bridgehead atoms. The van der Waals surface area contributed by atoms with Crippen molar-refractivity contribution in [2.45, 2.75) is 39.8 Å². The molecule has 6 rings (SSSR count). The summed E-state index contributed by atoms with van der Waals surface area (Å²) in [5, 5.41) is 1.54. The Morgan fingerprint density at radius 3 is 2.85 bits per heavy atom. The topological polar surface area (TPSA) is 80.6 Å². The van der Waals surface area contributed by atoms with Crippen molar-refractivity contribution >= 4 is 45.6 Å². The third-order valence-electron chi connectivity index (χ3n) is 7.65. The molecule has 40 heavy (non-hydrogen) atoms. The van der Waals surface area contributed by atoms with Gasteiger partial charge >= 0.3 is 5.69 Å². The van der Waals surface area contributed by atoms with Crippen LogP contribution in [0.1, 0.15) is 30.7 Å². The van der Waals surface area contributed by atoms with Gasteiger partial charge in [0.2, 0.25) is 5.91 Å². The standard InChI is InChI=1S/C29H27ClFN5O3S/c1-5-20-28(40-14-32-20)36-25-18(27(33-29(36)38)35-10-9-34(12-16(35)4)21(37)6-2)11-19(30)23-22-17(13-39-26(23)25)8-7-15(3)24(22)31/h6-8,11,14,16H,2,5,9-10,12-13H2,1,3-4H3/t16-/m0/s1. The van der Waals surface area contributed by atoms with E-state index in [2.05, 4.69) is 16.5 Å². The summed E-state index contributed by atoms with van der Waals surface area (Å²) in [5.74, 6) is 0.276. The molecule has 0 saturated carbocycles. The summed E-state index contributed by atoms with van der Waals surface area (Å²) in [5.41, 5.74) is 4.39. The molecule has 1 saturated heterocycles. The molecule has 1 atom stereocenters. The Hall–Kier alpha value is -3.76. The lowest BCUT2D eigenvalue weighted by Crippen LogP contribution is -2.54. The maximum atomic E-state index is 15.6. The summed E-state index contributed by atoms with van der Waals surface area (Å²) in [4.78, 5) is 38.9. The Kier molecular flexibility index (Phi) is 6.62. The van der Waals surface area contributed by atoms with Gasteiger partial charge in [-0.3, -0.25) is 4.79 Å². The van der Waals surface area contributed by atoms with Gasteiger partial charge in [-0.15, -0.1) is 11.3 Å². The minimum Gasteiger partial charge on any atom is -0.486 e. The number of halogens is 2. The number of thiazole rings is 1. The minimum absolute atomic E-state index is 0.128. The molecular formula is C29H27ClFN5O3S. The average Bonchev–Trinajstić information content (AvgIpc) is 3.42. The van der Waals surface area contributed by atoms with E-state index in [9.17, 15) is 9.59 Å². The second-order valence-electron chi connectivity index (χ2n) is 10.0. The van der Waals surface area contributed by atoms with Gasteiger partial charge in [-0.25, -0.2) is 18.7 Å². The number of ether oxygens (including phenoxy) is 1. The number of benzene rings is 2. The molecule has 11 heteroatoms. The van der Waals surface area contributed by atoms with Crippen LogP contribution in [-0.2, 0) is 17.8 Å². The molecule has 206 valence electrons. The Morgan fingerprint density at radius 1 is 1.32 bits per heavy atom. The van der Waals surface area contributed by atoms with Crippen molar-refractivity contribution in [3.8, 4) is 21.9 Å². The fraction of sp³-hybridized carbons (Fsp3) is 0.310. The van der Waals surface area contributed by atoms with Crippen molar-refractivity contribution in [2.75, 3.05) is 24.5 Å². The SMILES string of the molecule is C=CC(=O)N1CCN(c2nc(=O)n(-c3scnc3CC)c3c4c(c(Cl)cc23)-c2c(ccc(C)c2F)CO4)[C@@H](C)C1. The fourth-order valence-electron chi connectivity index (χ4n) is 5.64. The summed E-state index contributed by atoms with van der Waals surface area (Å²) in [6.45, 7) is 10.7. The van der Waals surface area contributed by atoms with Gasteiger partial charge in [-0.2, -0.15) is 4.98 Å². The van der Waals surface area contributed by atoms with Gasteiger partial charge < -0.3 is 14.5 Å². The predicted octanol–water partition coefficient (Wildman–Crippen LogP) is 5.29. The van der Waals surface area contributed by atoms with Crippen LogP contribution in [0, 0.1) is 12.7 Å². The van der Waals surface area contributed by atoms with Gasteiger partial charge in [-0.1, -0.05) is 37.2 Å². The van der Waals surface area contributed by atoms with E-state index in [-0.39, 0.29) is 24.4 Å². The van der Waals surface area contributed by atoms with Crippen LogP contribution in [0.5, 0.6) is 5.75 Å². The van der Waals surface area contributed by atoms with E-state index in [1.165, 1.54) is 22.0 Å². The highest BCUT2D eigenvalue weighted by molar-refractivity contribution is 7.12. The lowest BCUT2D eigenvalue weighted by Gasteiger charge is -2.40. The number of fused-ring (bicyclic) bond motifs is 5. The van der Waals surface area contributed by atoms with Crippen LogP contribution in [0.2, 0.25) is 5.02 Å². The molecule has 0 aliphatic carbocycles. The molecule has 0 unspecified atom stereocenters. The van der Waals surface area contributed by atoms with Crippen molar-refractivity contribution < 1.29 is 13.9 Å². The molecule has 4 aromatic rings. The Morgan fingerprint density at radius 2 is 2.12 bits per heavy atom. The molecule has 2 aromatic carbocycles. The van der Waals surface area contributed by atoms with E-state index in [0.29, 0.717) is 80.8 Å². The van der Waals surface area contributed by atoms with Gasteiger partial charge in [-0.05, 0) is 38.0 Å². The van der Waals surface area contributed by atoms with Gasteiger partial charge in [0.15, 0.2) is 5.75 Å². The van der Waals surface area contributed by atoms with Crippen LogP contribution < -0.4 is 15.3 Å². The molecule has 4 heterocycles. The van der Waals surface area contributed by atoms with Crippen molar-refractivity contribution in [1.82, 2.24) is 19.4 Å². The van der Waals surface area contributed by atoms with Crippen LogP contribution in [0.3, 0.4) is 0 Å². The molecule has 0 spiro atoms. The number of hydrogen-bond acceptors (Lipinski definition) is 7. The predicted molar refractivity (Wildman–Crippen MR) is 155 cm³/mol. The molecule has 2 aliphatic heterocycles. The number of amides is 1. The van der Waals surface area contributed by atoms with Crippen LogP contribution in [0.4, 0.5) is 10.2 Å². The quantitative estimate of drug-likeness (QED) is 0.306. The number of rotatable bonds is 4. The van der Waals surface area contributed by atoms with Crippen LogP contribution in [0.25, 0.3) is 27.0 Å². The highest BCUT2D eigenvalue weighted by Crippen LogP contribution is 2.49. The van der Waals surface area contributed by atoms with Crippen molar-refractivity contribution in [3.63, 3.8) is 0 Å². The molecule has 0 N–H and O–H groups in total. The number of aryl methyl sites for hydroxylation is 2. The summed E-state index contributed by atoms with van der Waals surface area (Å²) < 4.78 is 23.4. The zero-order valence-electron chi connectivity index (χ0n) is 22.3. The number of nitrogens with zero attached hydrogens (tertiary/aromatic N) is 5. The third-order valence-corrected chi connectivity index (χ3v) is 8.80. The summed E-state index contributed by atoms with van der Waals surface area (Å²) in [6.07, 6.45) is 1.91. The maximum Gasteiger partial charge on any atom is 0.355 e. The molecule has 8 nitrogen and oxygen atoms in total. The average molecular weight is 580 g/mol. The van der Waals surface area contributed by atoms with E-state index in [1.807, 2.05) is 24.8 Å². The molecule has 1 fully saturated rings. The first-order valence-corrected chi connectivity index (χ1v) is 14.3. The van der Waals surface area contributed by atoms with Gasteiger partial charge in [0.25, 0.3) is 0 Å². The highest BCUT2D eigenvalue weighted by atomic mass is 35.5. The maximum absolute atomic E-state index is 15.6. The van der Waals surface area contributed by atoms with Crippen LogP contribution >= 0.6 is 22.9 Å². The second kappa shape index (κ2) is 10.0. The highest BCUT2D eigenvalue weighted by Gasteiger charge is 2.33. The number of hydrogen-bond donors (Lipinski definition) is 0. The first-order valence-electron chi connectivity index (χ1n) is 13.1. The third kappa shape index (κ3) is 4.00. The molecule has 2 aliphatic rings. The summed E-state index contributed by atoms with van der Waals surface area (Å²) >= 11 is 8.26. The zero-order valence-corrected chi connectivity index (χ0v) is 23.9. The van der Waals surface area contributed by atoms with Gasteiger partial charge in [0.1, 0.15) is 28.8 Å². The van der Waals surface area contributed by atoms with Crippen molar-refractivity contribution in [1.29, 1.82) is 0 Å². The lowest BCUT2D eigenvalue weighted by molar-refractivity contribution is -0.126. The Balaban J connectivity index is 1.66. The summed E-state index contributed by atoms with van der Waals surface area (Å²) in [7, 11) is 0. The number of piperazine rings is 1. The number of anilines is 1. The van der Waals surface area contributed by atoms with E-state index in [4.69, 9.17) is 16.3 Å². The lowest BCUT2D eigenvalue weighted by atomic mass is 9.93. The fourth-order valence-corrected chi connectivity index (χ4v) is 6.81. The molecular weight excluding hydrogens is 553 g/mol. The smallest absolute Gasteiger partial charge is 0.355 e. The zero-order chi connectivity index (χ0) is 28.3. The van der Waals surface area contributed by atoms with E-state index in [1.54, 1.807) is 29.5 Å². The number of carbonyl (C=O) groups excluding carboxylic acids is 1. The monoisotopic (exact) mass is 579 g/mol. The molecule has 0 radical (unpaired) electrons. The van der Waals surface area contributed by atoms with Gasteiger partial charge in [0.05, 0.1) is 16.2 Å². The first kappa shape index (κ1) is 26.5. The Labute approximate surface area is 239 Å². The van der Waals surface area contributed by atoms with Crippen LogP contribution in [-0.4, -0.2) is 51.0 Å². The minimum atomic E-state index is -0.498. The van der Waals surface area contributed by atoms with Crippen molar-refractivity contribution in [3.05, 3.63) is 74.5 Å². The molecule has 2 aromatic heterocycles. The van der Waals surface area contributed by atoms with Crippen LogP contribution in [0.15, 0.2) is 41.2 Å². The van der Waals surface area contributed by atoms with E-state index < -0.39 is 5.69 Å². The summed E-state index contributed by atoms with van der Waals surface area (Å²) in [6, 6.07) is 5.16. The largest absolute Gasteiger partial charge is 0.486 e. The number of carbonyl (C=O) groups is 1. The van der Waals surface area contributed by atoms with E-state index >= 15 is 4.39 Å².